The summed E-state index contributed by atoms with van der Waals surface area (Å²) in [5.74, 6) is 2.35. The van der Waals surface area contributed by atoms with Gasteiger partial charge in [-0.3, -0.25) is 4.79 Å². The molecule has 3 unspecified atom stereocenters. The largest absolute Gasteiger partial charge is 0.299 e. The maximum Gasteiger partial charge on any atom is 0.139 e. The van der Waals surface area contributed by atoms with Crippen LogP contribution in [0.25, 0.3) is 0 Å². The highest BCUT2D eigenvalue weighted by molar-refractivity contribution is 5.87. The summed E-state index contributed by atoms with van der Waals surface area (Å²) >= 11 is 0. The van der Waals surface area contributed by atoms with Crippen LogP contribution in [0.3, 0.4) is 0 Å². The van der Waals surface area contributed by atoms with Crippen molar-refractivity contribution in [2.45, 2.75) is 44.9 Å². The number of carbonyl (C=O) groups is 1. The van der Waals surface area contributed by atoms with Crippen LogP contribution in [0, 0.1) is 17.3 Å². The lowest BCUT2D eigenvalue weighted by Gasteiger charge is -2.31. The van der Waals surface area contributed by atoms with Crippen molar-refractivity contribution in [1.29, 1.82) is 0 Å². The predicted molar refractivity (Wildman–Crippen MR) is 46.7 cm³/mol. The standard InChI is InChI=1S/C11H16O/c12-10-2-1-5-11(10)7-8-3-4-9(11)6-8/h8-9H,1-7H2. The van der Waals surface area contributed by atoms with Crippen molar-refractivity contribution < 1.29 is 4.79 Å². The minimum absolute atomic E-state index is 0.225. The number of carbonyl (C=O) groups excluding carboxylic acids is 1. The van der Waals surface area contributed by atoms with E-state index in [0.717, 1.165) is 18.3 Å². The van der Waals surface area contributed by atoms with E-state index in [-0.39, 0.29) is 5.41 Å². The predicted octanol–water partition coefficient (Wildman–Crippen LogP) is 2.55. The van der Waals surface area contributed by atoms with Crippen LogP contribution in [-0.2, 0) is 4.79 Å². The first-order chi connectivity index (χ1) is 5.81. The highest BCUT2D eigenvalue weighted by atomic mass is 16.1. The van der Waals surface area contributed by atoms with E-state index in [1.54, 1.807) is 0 Å². The number of ketones is 1. The number of rotatable bonds is 0. The van der Waals surface area contributed by atoms with Crippen molar-refractivity contribution in [3.8, 4) is 0 Å². The zero-order valence-electron chi connectivity index (χ0n) is 7.51. The first-order valence-electron chi connectivity index (χ1n) is 5.34. The summed E-state index contributed by atoms with van der Waals surface area (Å²) in [6, 6.07) is 0. The molecule has 0 aliphatic heterocycles. The van der Waals surface area contributed by atoms with Crippen LogP contribution in [-0.4, -0.2) is 5.78 Å². The molecule has 1 nitrogen and oxygen atoms in total. The minimum atomic E-state index is 0.225. The molecule has 3 saturated carbocycles. The summed E-state index contributed by atoms with van der Waals surface area (Å²) in [6.45, 7) is 0. The second kappa shape index (κ2) is 2.12. The molecule has 66 valence electrons. The lowest BCUT2D eigenvalue weighted by Crippen LogP contribution is -2.31. The number of hydrogen-bond donors (Lipinski definition) is 0. The molecule has 0 amide bonds. The van der Waals surface area contributed by atoms with Crippen molar-refractivity contribution in [2.75, 3.05) is 0 Å². The zero-order chi connectivity index (χ0) is 8.18. The van der Waals surface area contributed by atoms with E-state index >= 15 is 0 Å². The van der Waals surface area contributed by atoms with Crippen LogP contribution in [0.4, 0.5) is 0 Å². The van der Waals surface area contributed by atoms with E-state index in [4.69, 9.17) is 0 Å². The molecule has 0 heterocycles. The first kappa shape index (κ1) is 7.11. The van der Waals surface area contributed by atoms with Crippen LogP contribution in [0.2, 0.25) is 0 Å². The molecule has 3 fully saturated rings. The summed E-state index contributed by atoms with van der Waals surface area (Å²) < 4.78 is 0. The Morgan fingerprint density at radius 2 is 2.25 bits per heavy atom. The first-order valence-corrected chi connectivity index (χ1v) is 5.34. The molecule has 0 saturated heterocycles. The van der Waals surface area contributed by atoms with E-state index in [0.29, 0.717) is 5.78 Å². The Kier molecular flexibility index (Phi) is 1.26. The van der Waals surface area contributed by atoms with E-state index in [9.17, 15) is 4.79 Å². The van der Waals surface area contributed by atoms with Crippen molar-refractivity contribution in [1.82, 2.24) is 0 Å². The molecule has 0 aromatic rings. The average molecular weight is 164 g/mol. The Labute approximate surface area is 73.5 Å². The maximum atomic E-state index is 11.8. The monoisotopic (exact) mass is 164 g/mol. The second-order valence-corrected chi connectivity index (χ2v) is 5.01. The third kappa shape index (κ3) is 0.681. The van der Waals surface area contributed by atoms with Crippen molar-refractivity contribution in [2.24, 2.45) is 17.3 Å². The summed E-state index contributed by atoms with van der Waals surface area (Å²) in [7, 11) is 0. The molecule has 1 heteroatoms. The lowest BCUT2D eigenvalue weighted by molar-refractivity contribution is -0.128. The summed E-state index contributed by atoms with van der Waals surface area (Å²) in [5.41, 5.74) is 0.225. The molecule has 3 atom stereocenters. The molecular weight excluding hydrogens is 148 g/mol. The molecule has 3 rings (SSSR count). The fraction of sp³-hybridized carbons (Fsp3) is 0.909. The number of fused-ring (bicyclic) bond motifs is 3. The molecule has 1 spiro atoms. The minimum Gasteiger partial charge on any atom is -0.299 e. The van der Waals surface area contributed by atoms with E-state index < -0.39 is 0 Å². The highest BCUT2D eigenvalue weighted by Crippen LogP contribution is 2.61. The second-order valence-electron chi connectivity index (χ2n) is 5.01. The third-order valence-electron chi connectivity index (χ3n) is 4.56. The third-order valence-corrected chi connectivity index (χ3v) is 4.56. The van der Waals surface area contributed by atoms with Gasteiger partial charge in [0.2, 0.25) is 0 Å². The molecule has 12 heavy (non-hydrogen) atoms. The van der Waals surface area contributed by atoms with Crippen LogP contribution >= 0.6 is 0 Å². The van der Waals surface area contributed by atoms with Crippen molar-refractivity contribution >= 4 is 5.78 Å². The van der Waals surface area contributed by atoms with Gasteiger partial charge in [-0.15, -0.1) is 0 Å². The van der Waals surface area contributed by atoms with Crippen molar-refractivity contribution in [3.63, 3.8) is 0 Å². The van der Waals surface area contributed by atoms with Crippen molar-refractivity contribution in [3.05, 3.63) is 0 Å². The topological polar surface area (TPSA) is 17.1 Å². The Morgan fingerprint density at radius 3 is 2.75 bits per heavy atom. The smallest absolute Gasteiger partial charge is 0.139 e. The van der Waals surface area contributed by atoms with E-state index in [1.165, 1.54) is 38.5 Å². The van der Waals surface area contributed by atoms with Gasteiger partial charge in [0.25, 0.3) is 0 Å². The fourth-order valence-corrected chi connectivity index (χ4v) is 4.04. The number of hydrogen-bond acceptors (Lipinski definition) is 1. The molecule has 3 aliphatic carbocycles. The average Bonchev–Trinajstić information content (AvgIpc) is 2.69. The van der Waals surface area contributed by atoms with Gasteiger partial charge in [-0.05, 0) is 43.9 Å². The summed E-state index contributed by atoms with van der Waals surface area (Å²) in [4.78, 5) is 11.8. The number of Topliss-reactive ketones (excluding diaryl/α,β-unsaturated/α-hetero) is 1. The molecule has 0 aromatic carbocycles. The van der Waals surface area contributed by atoms with Crippen LogP contribution in [0.15, 0.2) is 0 Å². The molecule has 2 bridgehead atoms. The summed E-state index contributed by atoms with van der Waals surface area (Å²) in [5, 5.41) is 0. The molecule has 0 N–H and O–H groups in total. The molecule has 0 aromatic heterocycles. The van der Waals surface area contributed by atoms with Gasteiger partial charge in [-0.1, -0.05) is 6.42 Å². The van der Waals surface area contributed by atoms with Gasteiger partial charge in [0.1, 0.15) is 5.78 Å². The normalized spacial score (nSPS) is 51.2. The van der Waals surface area contributed by atoms with Gasteiger partial charge in [-0.2, -0.15) is 0 Å². The Morgan fingerprint density at radius 1 is 1.33 bits per heavy atom. The fourth-order valence-electron chi connectivity index (χ4n) is 4.04. The van der Waals surface area contributed by atoms with Gasteiger partial charge in [0, 0.05) is 11.8 Å². The van der Waals surface area contributed by atoms with Gasteiger partial charge < -0.3 is 0 Å². The zero-order valence-corrected chi connectivity index (χ0v) is 7.51. The maximum absolute atomic E-state index is 11.8. The molecule has 0 radical (unpaired) electrons. The van der Waals surface area contributed by atoms with Gasteiger partial charge >= 0.3 is 0 Å². The Balaban J connectivity index is 1.96. The quantitative estimate of drug-likeness (QED) is 0.537. The lowest BCUT2D eigenvalue weighted by atomic mass is 9.71. The van der Waals surface area contributed by atoms with Crippen LogP contribution in [0.5, 0.6) is 0 Å². The van der Waals surface area contributed by atoms with Gasteiger partial charge in [0.05, 0.1) is 0 Å². The molecular formula is C11H16O. The van der Waals surface area contributed by atoms with E-state index in [1.807, 2.05) is 0 Å². The Bertz CT molecular complexity index is 233. The Hall–Kier alpha value is -0.330. The summed E-state index contributed by atoms with van der Waals surface area (Å²) in [6.07, 6.45) is 8.72. The van der Waals surface area contributed by atoms with E-state index in [2.05, 4.69) is 0 Å². The molecule has 3 aliphatic rings. The SMILES string of the molecule is O=C1CCCC12CC1CCC2C1. The van der Waals surface area contributed by atoms with Crippen LogP contribution in [0.1, 0.15) is 44.9 Å². The van der Waals surface area contributed by atoms with Crippen LogP contribution < -0.4 is 0 Å². The van der Waals surface area contributed by atoms with Gasteiger partial charge in [-0.25, -0.2) is 0 Å². The van der Waals surface area contributed by atoms with Gasteiger partial charge in [0.15, 0.2) is 0 Å². The highest BCUT2D eigenvalue weighted by Gasteiger charge is 2.56.